The predicted octanol–water partition coefficient (Wildman–Crippen LogP) is 5.75. The summed E-state index contributed by atoms with van der Waals surface area (Å²) in [7, 11) is 0. The number of hydrogen-bond donors (Lipinski definition) is 0. The molecule has 0 saturated carbocycles. The molecule has 0 radical (unpaired) electrons. The molecule has 0 aliphatic carbocycles. The first kappa shape index (κ1) is 19.8. The predicted molar refractivity (Wildman–Crippen MR) is 123 cm³/mol. The van der Waals surface area contributed by atoms with Gasteiger partial charge in [0.2, 0.25) is 5.82 Å². The highest BCUT2D eigenvalue weighted by Crippen LogP contribution is 2.30. The van der Waals surface area contributed by atoms with Crippen molar-refractivity contribution in [3.05, 3.63) is 99.0 Å². The number of thioether (sulfide) groups is 1. The van der Waals surface area contributed by atoms with E-state index in [0.717, 1.165) is 26.1 Å². The van der Waals surface area contributed by atoms with Crippen LogP contribution in [0.5, 0.6) is 0 Å². The van der Waals surface area contributed by atoms with E-state index in [4.69, 9.17) is 8.83 Å². The van der Waals surface area contributed by atoms with Crippen LogP contribution in [0.15, 0.2) is 96.3 Å². The van der Waals surface area contributed by atoms with Crippen LogP contribution in [-0.4, -0.2) is 14.8 Å². The van der Waals surface area contributed by atoms with Gasteiger partial charge in [0.15, 0.2) is 10.9 Å². The number of rotatable bonds is 6. The third-order valence-electron chi connectivity index (χ3n) is 4.79. The van der Waals surface area contributed by atoms with Crippen molar-refractivity contribution in [2.45, 2.75) is 17.5 Å². The molecule has 0 aliphatic rings. The molecular formula is C23H16BrN3O3S. The summed E-state index contributed by atoms with van der Waals surface area (Å²) in [5, 5.41) is 10.4. The van der Waals surface area contributed by atoms with Crippen LogP contribution in [-0.2, 0) is 12.3 Å². The maximum Gasteiger partial charge on any atom is 0.336 e. The Morgan fingerprint density at radius 2 is 1.87 bits per heavy atom. The van der Waals surface area contributed by atoms with Crippen molar-refractivity contribution in [1.82, 2.24) is 14.8 Å². The SMILES string of the molecule is O=c1cc(CSc2nnc(-c3ccco3)n2Cc2ccccc2)c2ccc(Br)cc2o1. The van der Waals surface area contributed by atoms with Crippen molar-refractivity contribution in [3.8, 4) is 11.6 Å². The van der Waals surface area contributed by atoms with E-state index in [2.05, 4.69) is 38.3 Å². The lowest BCUT2D eigenvalue weighted by Crippen LogP contribution is -2.04. The molecule has 0 aliphatic heterocycles. The smallest absolute Gasteiger partial charge is 0.336 e. The maximum absolute atomic E-state index is 12.1. The molecule has 0 atom stereocenters. The van der Waals surface area contributed by atoms with E-state index in [9.17, 15) is 4.79 Å². The first-order valence-corrected chi connectivity index (χ1v) is 11.3. The Morgan fingerprint density at radius 3 is 2.68 bits per heavy atom. The van der Waals surface area contributed by atoms with Gasteiger partial charge in [0.05, 0.1) is 12.8 Å². The molecule has 0 saturated heterocycles. The van der Waals surface area contributed by atoms with E-state index in [1.54, 1.807) is 12.3 Å². The van der Waals surface area contributed by atoms with Gasteiger partial charge in [-0.3, -0.25) is 4.57 Å². The second kappa shape index (κ2) is 8.56. The molecule has 3 heterocycles. The summed E-state index contributed by atoms with van der Waals surface area (Å²) in [4.78, 5) is 12.1. The first-order chi connectivity index (χ1) is 15.2. The summed E-state index contributed by atoms with van der Waals surface area (Å²) in [6.45, 7) is 0.608. The lowest BCUT2D eigenvalue weighted by molar-refractivity contribution is 0.559. The maximum atomic E-state index is 12.1. The Kier molecular flexibility index (Phi) is 5.48. The van der Waals surface area contributed by atoms with Crippen LogP contribution in [0.25, 0.3) is 22.6 Å². The van der Waals surface area contributed by atoms with Gasteiger partial charge in [-0.25, -0.2) is 4.79 Å². The van der Waals surface area contributed by atoms with Gasteiger partial charge < -0.3 is 8.83 Å². The highest BCUT2D eigenvalue weighted by atomic mass is 79.9. The molecule has 0 N–H and O–H groups in total. The van der Waals surface area contributed by atoms with Gasteiger partial charge in [-0.15, -0.1) is 10.2 Å². The Balaban J connectivity index is 1.50. The Morgan fingerprint density at radius 1 is 1.00 bits per heavy atom. The number of halogens is 1. The van der Waals surface area contributed by atoms with Crippen LogP contribution in [0.4, 0.5) is 0 Å². The Bertz CT molecular complexity index is 1400. The highest BCUT2D eigenvalue weighted by molar-refractivity contribution is 9.10. The van der Waals surface area contributed by atoms with Gasteiger partial charge in [0.25, 0.3) is 0 Å². The Labute approximate surface area is 190 Å². The molecule has 2 aromatic carbocycles. The molecule has 5 aromatic rings. The van der Waals surface area contributed by atoms with Gasteiger partial charge in [-0.1, -0.05) is 58.0 Å². The van der Waals surface area contributed by atoms with Crippen molar-refractivity contribution >= 4 is 38.7 Å². The van der Waals surface area contributed by atoms with Crippen molar-refractivity contribution in [2.75, 3.05) is 0 Å². The Hall–Kier alpha value is -3.10. The second-order valence-corrected chi connectivity index (χ2v) is 8.73. The van der Waals surface area contributed by atoms with Crippen LogP contribution < -0.4 is 5.63 Å². The third-order valence-corrected chi connectivity index (χ3v) is 6.30. The largest absolute Gasteiger partial charge is 0.461 e. The molecular weight excluding hydrogens is 478 g/mol. The number of hydrogen-bond acceptors (Lipinski definition) is 6. The number of aromatic nitrogens is 3. The van der Waals surface area contributed by atoms with E-state index in [1.807, 2.05) is 47.0 Å². The van der Waals surface area contributed by atoms with Crippen molar-refractivity contribution in [1.29, 1.82) is 0 Å². The zero-order valence-electron chi connectivity index (χ0n) is 16.2. The van der Waals surface area contributed by atoms with Crippen molar-refractivity contribution in [2.24, 2.45) is 0 Å². The van der Waals surface area contributed by atoms with Gasteiger partial charge in [0, 0.05) is 21.7 Å². The zero-order valence-corrected chi connectivity index (χ0v) is 18.6. The van der Waals surface area contributed by atoms with Crippen LogP contribution >= 0.6 is 27.7 Å². The lowest BCUT2D eigenvalue weighted by atomic mass is 10.1. The molecule has 3 aromatic heterocycles. The average molecular weight is 494 g/mol. The summed E-state index contributed by atoms with van der Waals surface area (Å²) in [5.41, 5.74) is 2.20. The fourth-order valence-corrected chi connectivity index (χ4v) is 4.63. The summed E-state index contributed by atoms with van der Waals surface area (Å²) in [5.74, 6) is 1.87. The average Bonchev–Trinajstić information content (AvgIpc) is 3.42. The van der Waals surface area contributed by atoms with E-state index >= 15 is 0 Å². The van der Waals surface area contributed by atoms with Crippen LogP contribution in [0.1, 0.15) is 11.1 Å². The number of nitrogens with zero attached hydrogens (tertiary/aromatic N) is 3. The second-order valence-electron chi connectivity index (χ2n) is 6.88. The molecule has 0 fully saturated rings. The van der Waals surface area contributed by atoms with E-state index in [0.29, 0.717) is 29.5 Å². The van der Waals surface area contributed by atoms with Crippen molar-refractivity contribution < 1.29 is 8.83 Å². The van der Waals surface area contributed by atoms with E-state index in [-0.39, 0.29) is 5.63 Å². The number of furan rings is 1. The van der Waals surface area contributed by atoms with Gasteiger partial charge in [0.1, 0.15) is 5.58 Å². The molecule has 31 heavy (non-hydrogen) atoms. The van der Waals surface area contributed by atoms with Crippen LogP contribution in [0.2, 0.25) is 0 Å². The minimum Gasteiger partial charge on any atom is -0.461 e. The molecule has 6 nitrogen and oxygen atoms in total. The molecule has 154 valence electrons. The summed E-state index contributed by atoms with van der Waals surface area (Å²) in [6.07, 6.45) is 1.62. The standard InChI is InChI=1S/C23H16BrN3O3S/c24-17-8-9-18-16(11-21(28)30-20(18)12-17)14-31-23-26-25-22(19-7-4-10-29-19)27(23)13-15-5-2-1-3-6-15/h1-12H,13-14H2. The molecule has 8 heteroatoms. The molecule has 0 unspecified atom stereocenters. The quantitative estimate of drug-likeness (QED) is 0.221. The minimum absolute atomic E-state index is 0.372. The fourth-order valence-electron chi connectivity index (χ4n) is 3.36. The summed E-state index contributed by atoms with van der Waals surface area (Å²) in [6, 6.07) is 21.0. The molecule has 0 amide bonds. The van der Waals surface area contributed by atoms with E-state index < -0.39 is 0 Å². The van der Waals surface area contributed by atoms with E-state index in [1.165, 1.54) is 17.8 Å². The number of benzene rings is 2. The minimum atomic E-state index is -0.372. The zero-order chi connectivity index (χ0) is 21.2. The van der Waals surface area contributed by atoms with Gasteiger partial charge in [-0.05, 0) is 41.5 Å². The first-order valence-electron chi connectivity index (χ1n) is 9.53. The molecule has 0 spiro atoms. The fraction of sp³-hybridized carbons (Fsp3) is 0.0870. The summed E-state index contributed by atoms with van der Waals surface area (Å²) >= 11 is 4.94. The third kappa shape index (κ3) is 4.22. The monoisotopic (exact) mass is 493 g/mol. The van der Waals surface area contributed by atoms with Crippen LogP contribution in [0, 0.1) is 0 Å². The summed E-state index contributed by atoms with van der Waals surface area (Å²) < 4.78 is 13.8. The van der Waals surface area contributed by atoms with Crippen LogP contribution in [0.3, 0.4) is 0 Å². The normalized spacial score (nSPS) is 11.3. The van der Waals surface area contributed by atoms with Gasteiger partial charge in [-0.2, -0.15) is 0 Å². The lowest BCUT2D eigenvalue weighted by Gasteiger charge is -2.10. The highest BCUT2D eigenvalue weighted by Gasteiger charge is 2.17. The molecule has 5 rings (SSSR count). The number of fused-ring (bicyclic) bond motifs is 1. The molecule has 0 bridgehead atoms. The van der Waals surface area contributed by atoms with Crippen molar-refractivity contribution in [3.63, 3.8) is 0 Å². The van der Waals surface area contributed by atoms with Gasteiger partial charge >= 0.3 is 5.63 Å². The topological polar surface area (TPSA) is 74.1 Å².